The Labute approximate surface area is 181 Å². The van der Waals surface area contributed by atoms with Gasteiger partial charge in [-0.1, -0.05) is 59.2 Å². The quantitative estimate of drug-likeness (QED) is 0.678. The van der Waals surface area contributed by atoms with Crippen LogP contribution < -0.4 is 20.6 Å². The average Bonchev–Trinajstić information content (AvgIpc) is 2.73. The van der Waals surface area contributed by atoms with E-state index in [4.69, 9.17) is 14.8 Å². The molecular formula is C21H21BrN4O2S. The topological polar surface area (TPSA) is 66.3 Å². The average molecular weight is 473 g/mol. The number of thioether (sulfide) groups is 1. The van der Waals surface area contributed by atoms with E-state index in [0.717, 1.165) is 39.2 Å². The van der Waals surface area contributed by atoms with Gasteiger partial charge in [0.2, 0.25) is 0 Å². The fourth-order valence-corrected chi connectivity index (χ4v) is 4.63. The van der Waals surface area contributed by atoms with E-state index in [1.165, 1.54) is 0 Å². The Balaban J connectivity index is 1.88. The number of nitrogens with zero attached hydrogens (tertiary/aromatic N) is 3. The molecule has 29 heavy (non-hydrogen) atoms. The molecule has 1 amide bonds. The number of hydrogen-bond acceptors (Lipinski definition) is 6. The lowest BCUT2D eigenvalue weighted by Crippen LogP contribution is -2.50. The number of amidine groups is 1. The maximum absolute atomic E-state index is 13.1. The molecule has 2 heterocycles. The molecule has 150 valence electrons. The third-order valence-corrected chi connectivity index (χ3v) is 6.17. The maximum atomic E-state index is 13.1. The Morgan fingerprint density at radius 3 is 2.90 bits per heavy atom. The summed E-state index contributed by atoms with van der Waals surface area (Å²) in [5.74, 6) is 1.43. The molecule has 0 saturated carbocycles. The molecule has 4 rings (SSSR count). The first-order chi connectivity index (χ1) is 14.1. The number of methoxy groups -OCH3 is 1. The van der Waals surface area contributed by atoms with E-state index in [-0.39, 0.29) is 5.91 Å². The number of fused-ring (bicyclic) bond motifs is 2. The summed E-state index contributed by atoms with van der Waals surface area (Å²) in [5, 5.41) is 11.6. The van der Waals surface area contributed by atoms with Crippen LogP contribution in [0.3, 0.4) is 0 Å². The van der Waals surface area contributed by atoms with E-state index >= 15 is 0 Å². The molecule has 2 aromatic rings. The van der Waals surface area contributed by atoms with Crippen LogP contribution in [0.4, 0.5) is 0 Å². The molecule has 0 saturated heterocycles. The number of carbonyl (C=O) groups excluding carboxylic acids is 1. The second-order valence-corrected chi connectivity index (χ2v) is 8.66. The van der Waals surface area contributed by atoms with E-state index in [9.17, 15) is 4.79 Å². The Bertz CT molecular complexity index is 1100. The second kappa shape index (κ2) is 8.59. The van der Waals surface area contributed by atoms with Gasteiger partial charge in [0.15, 0.2) is 11.3 Å². The van der Waals surface area contributed by atoms with Crippen molar-refractivity contribution in [3.8, 4) is 5.75 Å². The van der Waals surface area contributed by atoms with Crippen molar-refractivity contribution in [1.29, 1.82) is 0 Å². The highest BCUT2D eigenvalue weighted by molar-refractivity contribution is 9.10. The van der Waals surface area contributed by atoms with Gasteiger partial charge >= 0.3 is 0 Å². The molecule has 0 fully saturated rings. The number of rotatable bonds is 5. The van der Waals surface area contributed by atoms with Crippen molar-refractivity contribution in [3.63, 3.8) is 0 Å². The lowest BCUT2D eigenvalue weighted by molar-refractivity contribution is -0.116. The van der Waals surface area contributed by atoms with Gasteiger partial charge in [-0.15, -0.1) is 5.10 Å². The van der Waals surface area contributed by atoms with E-state index in [1.807, 2.05) is 42.5 Å². The monoisotopic (exact) mass is 472 g/mol. The summed E-state index contributed by atoms with van der Waals surface area (Å²) >= 11 is 5.09. The highest BCUT2D eigenvalue weighted by atomic mass is 79.9. The standard InChI is InChI=1S/C21H21BrN4O2S/c1-3-4-11-29-21-24-20(27)18-14-7-5-6-8-16(14)23-19(26(18)25-21)15-12-13(22)9-10-17(15)28-2/h5-10,12,19H,3-4,11H2,1-2H3,(H,24,25,27)/t19-/m1/s1. The third kappa shape index (κ3) is 3.91. The van der Waals surface area contributed by atoms with Gasteiger partial charge in [0.1, 0.15) is 11.4 Å². The zero-order valence-corrected chi connectivity index (χ0v) is 18.6. The lowest BCUT2D eigenvalue weighted by atomic mass is 10.1. The minimum Gasteiger partial charge on any atom is -0.496 e. The van der Waals surface area contributed by atoms with Crippen LogP contribution in [0.2, 0.25) is 0 Å². The van der Waals surface area contributed by atoms with Gasteiger partial charge in [0.25, 0.3) is 5.91 Å². The number of halogens is 1. The van der Waals surface area contributed by atoms with Gasteiger partial charge in [0.05, 0.1) is 12.5 Å². The van der Waals surface area contributed by atoms with Gasteiger partial charge in [-0.2, -0.15) is 0 Å². The Morgan fingerprint density at radius 2 is 2.10 bits per heavy atom. The summed E-state index contributed by atoms with van der Waals surface area (Å²) in [6.07, 6.45) is 1.66. The lowest BCUT2D eigenvalue weighted by Gasteiger charge is -2.34. The molecule has 1 N–H and O–H groups in total. The van der Waals surface area contributed by atoms with Crippen molar-refractivity contribution in [1.82, 2.24) is 10.3 Å². The number of hydrazone groups is 1. The zero-order valence-electron chi connectivity index (χ0n) is 16.2. The normalized spacial score (nSPS) is 17.7. The summed E-state index contributed by atoms with van der Waals surface area (Å²) < 4.78 is 6.49. The molecule has 0 unspecified atom stereocenters. The van der Waals surface area contributed by atoms with Crippen LogP contribution in [0.15, 0.2) is 57.0 Å². The first-order valence-corrected chi connectivity index (χ1v) is 11.2. The van der Waals surface area contributed by atoms with Crippen molar-refractivity contribution in [2.45, 2.75) is 25.9 Å². The molecule has 0 spiro atoms. The first-order valence-electron chi connectivity index (χ1n) is 9.45. The van der Waals surface area contributed by atoms with Gasteiger partial charge in [-0.3, -0.25) is 15.1 Å². The van der Waals surface area contributed by atoms with Gasteiger partial charge in [-0.05, 0) is 30.7 Å². The van der Waals surface area contributed by atoms with Crippen molar-refractivity contribution < 1.29 is 9.53 Å². The molecule has 0 radical (unpaired) electrons. The molecule has 2 aliphatic heterocycles. The Kier molecular flexibility index (Phi) is 5.91. The van der Waals surface area contributed by atoms with Crippen molar-refractivity contribution >= 4 is 44.5 Å². The number of nitrogens with one attached hydrogen (secondary N) is 1. The SMILES string of the molecule is CCCCSC1=NN2C(=c3ccccc3=N[C@H]2c2cc(Br)ccc2OC)C(=O)N1. The Morgan fingerprint density at radius 1 is 1.28 bits per heavy atom. The largest absolute Gasteiger partial charge is 0.496 e. The molecule has 0 bridgehead atoms. The van der Waals surface area contributed by atoms with E-state index < -0.39 is 6.17 Å². The maximum Gasteiger partial charge on any atom is 0.276 e. The Hall–Kier alpha value is -2.32. The molecular weight excluding hydrogens is 452 g/mol. The highest BCUT2D eigenvalue weighted by Gasteiger charge is 2.35. The van der Waals surface area contributed by atoms with Gasteiger partial charge < -0.3 is 4.74 Å². The van der Waals surface area contributed by atoms with Gasteiger partial charge in [0, 0.05) is 21.0 Å². The summed E-state index contributed by atoms with van der Waals surface area (Å²) in [4.78, 5) is 18.0. The highest BCUT2D eigenvalue weighted by Crippen LogP contribution is 2.37. The number of amides is 1. The van der Waals surface area contributed by atoms with E-state index in [1.54, 1.807) is 23.9 Å². The smallest absolute Gasteiger partial charge is 0.276 e. The molecule has 6 nitrogen and oxygen atoms in total. The number of para-hydroxylation sites is 1. The minimum absolute atomic E-state index is 0.166. The molecule has 0 aromatic heterocycles. The molecule has 1 atom stereocenters. The van der Waals surface area contributed by atoms with Gasteiger partial charge in [-0.25, -0.2) is 5.01 Å². The predicted molar refractivity (Wildman–Crippen MR) is 119 cm³/mol. The van der Waals surface area contributed by atoms with Crippen LogP contribution in [0.5, 0.6) is 5.75 Å². The number of carbonyl (C=O) groups is 1. The van der Waals surface area contributed by atoms with Crippen LogP contribution in [0.25, 0.3) is 5.70 Å². The van der Waals surface area contributed by atoms with Crippen LogP contribution >= 0.6 is 27.7 Å². The van der Waals surface area contributed by atoms with Crippen molar-refractivity contribution in [3.05, 3.63) is 63.1 Å². The van der Waals surface area contributed by atoms with E-state index in [0.29, 0.717) is 16.6 Å². The number of hydrogen-bond donors (Lipinski definition) is 1. The summed E-state index contributed by atoms with van der Waals surface area (Å²) in [6.45, 7) is 2.14. The van der Waals surface area contributed by atoms with Crippen molar-refractivity contribution in [2.24, 2.45) is 10.1 Å². The number of ether oxygens (including phenoxy) is 1. The van der Waals surface area contributed by atoms with Crippen LogP contribution in [-0.2, 0) is 4.79 Å². The van der Waals surface area contributed by atoms with Crippen LogP contribution in [0.1, 0.15) is 31.5 Å². The first kappa shape index (κ1) is 20.0. The molecule has 8 heteroatoms. The fraction of sp³-hybridized carbons (Fsp3) is 0.286. The molecule has 0 aliphatic carbocycles. The summed E-state index contributed by atoms with van der Waals surface area (Å²) in [5.41, 5.74) is 1.34. The third-order valence-electron chi connectivity index (χ3n) is 4.72. The van der Waals surface area contributed by atoms with E-state index in [2.05, 4.69) is 28.2 Å². The number of benzene rings is 2. The second-order valence-electron chi connectivity index (χ2n) is 6.66. The molecule has 2 aromatic carbocycles. The van der Waals surface area contributed by atoms with Crippen LogP contribution in [-0.4, -0.2) is 28.9 Å². The van der Waals surface area contributed by atoms with Crippen LogP contribution in [0, 0.1) is 0 Å². The zero-order chi connectivity index (χ0) is 20.4. The summed E-state index contributed by atoms with van der Waals surface area (Å²) in [6, 6.07) is 13.4. The molecule has 2 aliphatic rings. The number of unbranched alkanes of at least 4 members (excludes halogenated alkanes) is 1. The summed E-state index contributed by atoms with van der Waals surface area (Å²) in [7, 11) is 1.63. The van der Waals surface area contributed by atoms with Crippen molar-refractivity contribution in [2.75, 3.05) is 12.9 Å². The minimum atomic E-state index is -0.500. The predicted octanol–water partition coefficient (Wildman–Crippen LogP) is 3.13. The fourth-order valence-electron chi connectivity index (χ4n) is 3.32.